The summed E-state index contributed by atoms with van der Waals surface area (Å²) in [4.78, 5) is 24.6. The van der Waals surface area contributed by atoms with E-state index >= 15 is 0 Å². The van der Waals surface area contributed by atoms with Crippen molar-refractivity contribution in [2.24, 2.45) is 5.92 Å². The van der Waals surface area contributed by atoms with Crippen molar-refractivity contribution in [3.05, 3.63) is 35.9 Å². The molecule has 0 heterocycles. The Kier molecular flexibility index (Phi) is 6.82. The highest BCUT2D eigenvalue weighted by atomic mass is 28.3. The zero-order valence-corrected chi connectivity index (χ0v) is 14.5. The summed E-state index contributed by atoms with van der Waals surface area (Å²) in [5.74, 6) is -1.17. The van der Waals surface area contributed by atoms with Crippen LogP contribution in [0.15, 0.2) is 30.3 Å². The van der Waals surface area contributed by atoms with Crippen molar-refractivity contribution >= 4 is 19.8 Å². The van der Waals surface area contributed by atoms with Crippen molar-refractivity contribution < 1.29 is 14.3 Å². The molecule has 0 saturated heterocycles. The largest absolute Gasteiger partial charge is 0.465 e. The molecule has 1 aromatic rings. The predicted molar refractivity (Wildman–Crippen MR) is 88.3 cm³/mol. The van der Waals surface area contributed by atoms with Crippen LogP contribution in [0, 0.1) is 5.92 Å². The number of esters is 1. The zero-order chi connectivity index (χ0) is 15.9. The van der Waals surface area contributed by atoms with Gasteiger partial charge in [-0.25, -0.2) is 0 Å². The Morgan fingerprint density at radius 3 is 2.29 bits per heavy atom. The molecule has 0 aliphatic rings. The molecule has 0 aromatic heterocycles. The van der Waals surface area contributed by atoms with E-state index in [1.54, 1.807) is 19.1 Å². The van der Waals surface area contributed by atoms with Gasteiger partial charge in [-0.3, -0.25) is 9.59 Å². The lowest BCUT2D eigenvalue weighted by atomic mass is 9.93. The second kappa shape index (κ2) is 8.13. The van der Waals surface area contributed by atoms with Crippen LogP contribution in [0.3, 0.4) is 0 Å². The quantitative estimate of drug-likeness (QED) is 0.313. The van der Waals surface area contributed by atoms with Gasteiger partial charge < -0.3 is 4.74 Å². The lowest BCUT2D eigenvalue weighted by Gasteiger charge is -2.18. The van der Waals surface area contributed by atoms with Gasteiger partial charge in [0, 0.05) is 13.6 Å². The van der Waals surface area contributed by atoms with E-state index in [4.69, 9.17) is 4.74 Å². The van der Waals surface area contributed by atoms with E-state index in [1.165, 1.54) is 0 Å². The maximum atomic E-state index is 12.5. The average molecular weight is 306 g/mol. The Labute approximate surface area is 128 Å². The molecule has 0 bridgehead atoms. The Hall–Kier alpha value is -1.42. The van der Waals surface area contributed by atoms with Crippen LogP contribution in [0.4, 0.5) is 0 Å². The van der Waals surface area contributed by atoms with Gasteiger partial charge in [-0.05, 0) is 13.3 Å². The van der Waals surface area contributed by atoms with Crippen LogP contribution in [-0.4, -0.2) is 26.4 Å². The Morgan fingerprint density at radius 1 is 1.14 bits per heavy atom. The molecule has 1 aromatic carbocycles. The summed E-state index contributed by atoms with van der Waals surface area (Å²) in [5, 5.41) is 0. The molecular weight excluding hydrogens is 280 g/mol. The van der Waals surface area contributed by atoms with Crippen LogP contribution >= 0.6 is 0 Å². The third kappa shape index (κ3) is 6.25. The molecule has 0 amide bonds. The van der Waals surface area contributed by atoms with Gasteiger partial charge in [0.1, 0.15) is 5.92 Å². The van der Waals surface area contributed by atoms with E-state index < -0.39 is 14.0 Å². The third-order valence-electron chi connectivity index (χ3n) is 3.37. The first kappa shape index (κ1) is 17.6. The van der Waals surface area contributed by atoms with Crippen LogP contribution in [0.1, 0.15) is 30.1 Å². The maximum Gasteiger partial charge on any atom is 0.316 e. The molecule has 0 aliphatic heterocycles. The van der Waals surface area contributed by atoms with Gasteiger partial charge >= 0.3 is 5.97 Å². The molecule has 0 radical (unpaired) electrons. The number of benzene rings is 1. The van der Waals surface area contributed by atoms with Gasteiger partial charge in [0.2, 0.25) is 0 Å². The molecular formula is C17H26O3Si. The molecule has 0 aliphatic carbocycles. The number of hydrogen-bond acceptors (Lipinski definition) is 3. The third-order valence-corrected chi connectivity index (χ3v) is 5.22. The van der Waals surface area contributed by atoms with Crippen molar-refractivity contribution in [1.82, 2.24) is 0 Å². The molecule has 0 N–H and O–H groups in total. The van der Waals surface area contributed by atoms with Gasteiger partial charge in [-0.15, -0.1) is 0 Å². The standard InChI is InChI=1S/C17H26O3Si/c1-5-20-17(19)15(12-9-13-21(2,3)4)16(18)14-10-7-6-8-11-14/h6-8,10-11,15H,5,9,12-13H2,1-4H3. The van der Waals surface area contributed by atoms with Crippen LogP contribution in [0.25, 0.3) is 0 Å². The minimum Gasteiger partial charge on any atom is -0.465 e. The van der Waals surface area contributed by atoms with Crippen LogP contribution in [0.5, 0.6) is 0 Å². The Morgan fingerprint density at radius 2 is 1.76 bits per heavy atom. The lowest BCUT2D eigenvalue weighted by Crippen LogP contribution is -2.27. The number of ether oxygens (including phenoxy) is 1. The minimum absolute atomic E-state index is 0.121. The van der Waals surface area contributed by atoms with E-state index in [-0.39, 0.29) is 11.8 Å². The van der Waals surface area contributed by atoms with Crippen LogP contribution < -0.4 is 0 Å². The molecule has 1 unspecified atom stereocenters. The second-order valence-corrected chi connectivity index (χ2v) is 12.1. The highest BCUT2D eigenvalue weighted by Crippen LogP contribution is 2.21. The van der Waals surface area contributed by atoms with E-state index in [2.05, 4.69) is 19.6 Å². The summed E-state index contributed by atoms with van der Waals surface area (Å²) in [7, 11) is -1.15. The smallest absolute Gasteiger partial charge is 0.316 e. The Bertz CT molecular complexity index is 463. The van der Waals surface area contributed by atoms with Gasteiger partial charge in [0.15, 0.2) is 5.78 Å². The maximum absolute atomic E-state index is 12.5. The molecule has 0 spiro atoms. The van der Waals surface area contributed by atoms with Crippen molar-refractivity contribution in [3.63, 3.8) is 0 Å². The van der Waals surface area contributed by atoms with Crippen molar-refractivity contribution in [1.29, 1.82) is 0 Å². The summed E-state index contributed by atoms with van der Waals surface area (Å²) in [5.41, 5.74) is 0.587. The van der Waals surface area contributed by atoms with E-state index in [0.29, 0.717) is 18.6 Å². The first-order chi connectivity index (χ1) is 9.85. The normalized spacial score (nSPS) is 12.8. The highest BCUT2D eigenvalue weighted by Gasteiger charge is 2.29. The van der Waals surface area contributed by atoms with E-state index in [0.717, 1.165) is 12.5 Å². The number of carbonyl (C=O) groups is 2. The summed E-state index contributed by atoms with van der Waals surface area (Å²) < 4.78 is 5.08. The number of rotatable bonds is 8. The Balaban J connectivity index is 2.77. The summed E-state index contributed by atoms with van der Waals surface area (Å²) in [6.45, 7) is 8.97. The summed E-state index contributed by atoms with van der Waals surface area (Å²) in [6, 6.07) is 10.1. The van der Waals surface area contributed by atoms with Gasteiger partial charge in [-0.2, -0.15) is 0 Å². The molecule has 116 valence electrons. The number of Topliss-reactive ketones (excluding diaryl/α,β-unsaturated/α-hetero) is 1. The molecule has 3 nitrogen and oxygen atoms in total. The minimum atomic E-state index is -1.15. The average Bonchev–Trinajstić information content (AvgIpc) is 2.43. The number of carbonyl (C=O) groups excluding carboxylic acids is 2. The second-order valence-electron chi connectivity index (χ2n) is 6.49. The van der Waals surface area contributed by atoms with Gasteiger partial charge in [-0.1, -0.05) is 62.4 Å². The fraction of sp³-hybridized carbons (Fsp3) is 0.529. The van der Waals surface area contributed by atoms with Crippen molar-refractivity contribution in [2.75, 3.05) is 6.61 Å². The van der Waals surface area contributed by atoms with Crippen molar-refractivity contribution in [2.45, 2.75) is 45.5 Å². The van der Waals surface area contributed by atoms with E-state index in [9.17, 15) is 9.59 Å². The molecule has 0 saturated carbocycles. The monoisotopic (exact) mass is 306 g/mol. The van der Waals surface area contributed by atoms with Crippen LogP contribution in [-0.2, 0) is 9.53 Å². The molecule has 1 rings (SSSR count). The number of hydrogen-bond donors (Lipinski definition) is 0. The fourth-order valence-electron chi connectivity index (χ4n) is 2.24. The summed E-state index contributed by atoms with van der Waals surface area (Å²) >= 11 is 0. The zero-order valence-electron chi connectivity index (χ0n) is 13.5. The van der Waals surface area contributed by atoms with Gasteiger partial charge in [0.25, 0.3) is 0 Å². The van der Waals surface area contributed by atoms with Crippen LogP contribution in [0.2, 0.25) is 25.7 Å². The van der Waals surface area contributed by atoms with Crippen molar-refractivity contribution in [3.8, 4) is 0 Å². The first-order valence-electron chi connectivity index (χ1n) is 7.61. The SMILES string of the molecule is CCOC(=O)C(CCC[Si](C)(C)C)C(=O)c1ccccc1. The highest BCUT2D eigenvalue weighted by molar-refractivity contribution is 6.76. The molecule has 4 heteroatoms. The molecule has 0 fully saturated rings. The van der Waals surface area contributed by atoms with E-state index in [1.807, 2.05) is 18.2 Å². The van der Waals surface area contributed by atoms with Gasteiger partial charge in [0.05, 0.1) is 6.61 Å². The predicted octanol–water partition coefficient (Wildman–Crippen LogP) is 4.17. The molecule has 21 heavy (non-hydrogen) atoms. The fourth-order valence-corrected chi connectivity index (χ4v) is 3.50. The topological polar surface area (TPSA) is 43.4 Å². The number of ketones is 1. The lowest BCUT2D eigenvalue weighted by molar-refractivity contribution is -0.146. The first-order valence-corrected chi connectivity index (χ1v) is 11.3. The molecule has 1 atom stereocenters. The summed E-state index contributed by atoms with van der Waals surface area (Å²) in [6.07, 6.45) is 1.48.